The minimum Gasteiger partial charge on any atom is -0.394 e. The Morgan fingerprint density at radius 2 is 0.658 bits per heavy atom. The Hall–Kier alpha value is -0.810. The maximum absolute atomic E-state index is 13.1. The summed E-state index contributed by atoms with van der Waals surface area (Å²) in [5.74, 6) is -0.135. The summed E-state index contributed by atoms with van der Waals surface area (Å²) in [5.41, 5.74) is 0. The highest BCUT2D eigenvalue weighted by atomic mass is 16.7. The molecule has 1 rings (SSSR count). The number of ether oxygens (including phenoxy) is 2. The van der Waals surface area contributed by atoms with Crippen LogP contribution in [0, 0.1) is 0 Å². The third-order valence-corrected chi connectivity index (χ3v) is 17.0. The fourth-order valence-electron chi connectivity index (χ4n) is 11.6. The van der Waals surface area contributed by atoms with Crippen molar-refractivity contribution in [1.82, 2.24) is 5.32 Å². The van der Waals surface area contributed by atoms with Gasteiger partial charge in [0.25, 0.3) is 0 Å². The van der Waals surface area contributed by atoms with E-state index in [0.29, 0.717) is 12.8 Å². The van der Waals surface area contributed by atoms with E-state index in [-0.39, 0.29) is 12.5 Å². The van der Waals surface area contributed by atoms with Gasteiger partial charge in [-0.2, -0.15) is 0 Å². The van der Waals surface area contributed by atoms with Crippen molar-refractivity contribution in [2.24, 2.45) is 0 Å². The maximum atomic E-state index is 13.1. The Labute approximate surface area is 472 Å². The Morgan fingerprint density at radius 3 is 0.934 bits per heavy atom. The highest BCUT2D eigenvalue weighted by Gasteiger charge is 2.44. The summed E-state index contributed by atoms with van der Waals surface area (Å²) in [6.45, 7) is 3.89. The van der Waals surface area contributed by atoms with Gasteiger partial charge in [-0.3, -0.25) is 4.79 Å². The standard InChI is InChI=1S/C67H133NO8/c1-3-5-7-9-11-13-15-17-19-20-21-22-23-24-25-26-27-28-29-30-31-32-33-34-35-36-37-38-39-40-41-43-45-47-49-51-53-55-57-63(71)68-60(59-75-67-66(74)65(73)64(72)62(58-69)76-67)61(70)56-54-52-50-48-46-44-42-18-16-14-12-10-8-6-4-2/h60-62,64-67,69-70,72-74H,3-59H2,1-2H3,(H,68,71). The zero-order valence-corrected chi connectivity index (χ0v) is 50.8. The first-order valence-corrected chi connectivity index (χ1v) is 34.2. The number of amides is 1. The molecule has 0 aromatic heterocycles. The molecular formula is C67H133NO8. The zero-order chi connectivity index (χ0) is 55.0. The molecule has 454 valence electrons. The van der Waals surface area contributed by atoms with E-state index in [1.54, 1.807) is 0 Å². The van der Waals surface area contributed by atoms with Crippen molar-refractivity contribution >= 4 is 5.91 Å². The van der Waals surface area contributed by atoms with Crippen molar-refractivity contribution in [2.75, 3.05) is 13.2 Å². The van der Waals surface area contributed by atoms with Gasteiger partial charge in [-0.15, -0.1) is 0 Å². The van der Waals surface area contributed by atoms with Gasteiger partial charge in [0.15, 0.2) is 6.29 Å². The third kappa shape index (κ3) is 45.9. The minimum atomic E-state index is -1.55. The number of aliphatic hydroxyl groups excluding tert-OH is 5. The molecule has 0 spiro atoms. The molecule has 0 saturated carbocycles. The number of hydrogen-bond acceptors (Lipinski definition) is 8. The summed E-state index contributed by atoms with van der Waals surface area (Å²) in [5, 5.41) is 54.7. The number of unbranched alkanes of at least 4 members (excludes halogenated alkanes) is 51. The summed E-state index contributed by atoms with van der Waals surface area (Å²) >= 11 is 0. The molecule has 6 N–H and O–H groups in total. The molecule has 1 aliphatic heterocycles. The lowest BCUT2D eigenvalue weighted by Crippen LogP contribution is -2.60. The maximum Gasteiger partial charge on any atom is 0.220 e. The zero-order valence-electron chi connectivity index (χ0n) is 50.8. The van der Waals surface area contributed by atoms with E-state index in [9.17, 15) is 30.3 Å². The highest BCUT2D eigenvalue weighted by Crippen LogP contribution is 2.24. The number of carbonyl (C=O) groups is 1. The van der Waals surface area contributed by atoms with E-state index in [1.807, 2.05) is 0 Å². The summed E-state index contributed by atoms with van der Waals surface area (Å²) in [4.78, 5) is 13.1. The van der Waals surface area contributed by atoms with E-state index >= 15 is 0 Å². The van der Waals surface area contributed by atoms with E-state index < -0.39 is 49.5 Å². The van der Waals surface area contributed by atoms with Crippen molar-refractivity contribution in [2.45, 2.75) is 410 Å². The third-order valence-electron chi connectivity index (χ3n) is 17.0. The minimum absolute atomic E-state index is 0.131. The topological polar surface area (TPSA) is 149 Å². The molecule has 0 aromatic rings. The van der Waals surface area contributed by atoms with Crippen LogP contribution >= 0.6 is 0 Å². The second kappa shape index (κ2) is 57.4. The predicted molar refractivity (Wildman–Crippen MR) is 323 cm³/mol. The molecule has 0 aliphatic carbocycles. The molecule has 1 fully saturated rings. The quantitative estimate of drug-likeness (QED) is 0.0330. The highest BCUT2D eigenvalue weighted by molar-refractivity contribution is 5.76. The van der Waals surface area contributed by atoms with Crippen LogP contribution in [0.1, 0.15) is 367 Å². The van der Waals surface area contributed by atoms with Gasteiger partial charge in [0.1, 0.15) is 24.4 Å². The van der Waals surface area contributed by atoms with Crippen molar-refractivity contribution in [3.8, 4) is 0 Å². The number of hydrogen-bond donors (Lipinski definition) is 6. The smallest absolute Gasteiger partial charge is 0.220 e. The molecule has 1 aliphatic rings. The second-order valence-corrected chi connectivity index (χ2v) is 24.3. The van der Waals surface area contributed by atoms with Crippen LogP contribution in [0.5, 0.6) is 0 Å². The first kappa shape index (κ1) is 73.2. The molecule has 0 aromatic carbocycles. The Bertz CT molecular complexity index is 1160. The lowest BCUT2D eigenvalue weighted by atomic mass is 9.99. The van der Waals surface area contributed by atoms with Crippen LogP contribution in [0.2, 0.25) is 0 Å². The summed E-state index contributed by atoms with van der Waals surface area (Å²) in [6.07, 6.45) is 64.8. The molecule has 1 saturated heterocycles. The van der Waals surface area contributed by atoms with Gasteiger partial charge in [0.2, 0.25) is 5.91 Å². The van der Waals surface area contributed by atoms with Crippen LogP contribution in [0.15, 0.2) is 0 Å². The molecule has 1 amide bonds. The average molecular weight is 1080 g/mol. The fourth-order valence-corrected chi connectivity index (χ4v) is 11.6. The van der Waals surface area contributed by atoms with Gasteiger partial charge >= 0.3 is 0 Å². The molecule has 0 bridgehead atoms. The van der Waals surface area contributed by atoms with Crippen molar-refractivity contribution in [1.29, 1.82) is 0 Å². The first-order chi connectivity index (χ1) is 37.3. The van der Waals surface area contributed by atoms with Gasteiger partial charge in [0, 0.05) is 6.42 Å². The van der Waals surface area contributed by atoms with Crippen LogP contribution in [0.4, 0.5) is 0 Å². The van der Waals surface area contributed by atoms with Crippen LogP contribution in [-0.2, 0) is 14.3 Å². The largest absolute Gasteiger partial charge is 0.394 e. The van der Waals surface area contributed by atoms with E-state index in [0.717, 1.165) is 38.5 Å². The molecule has 7 atom stereocenters. The SMILES string of the molecule is CCCCCCCCCCCCCCCCCCCCCCCCCCCCCCCCCCCCCCCCC(=O)NC(COC1OC(CO)C(O)C(O)C1O)C(O)CCCCCCCCCCCCCCCCC. The Morgan fingerprint density at radius 1 is 0.395 bits per heavy atom. The molecular weight excluding hydrogens is 947 g/mol. The first-order valence-electron chi connectivity index (χ1n) is 34.2. The molecule has 7 unspecified atom stereocenters. The lowest BCUT2D eigenvalue weighted by Gasteiger charge is -2.40. The molecule has 1 heterocycles. The van der Waals surface area contributed by atoms with Gasteiger partial charge in [-0.25, -0.2) is 0 Å². The number of carbonyl (C=O) groups excluding carboxylic acids is 1. The van der Waals surface area contributed by atoms with Gasteiger partial charge < -0.3 is 40.3 Å². The Balaban J connectivity index is 2.01. The van der Waals surface area contributed by atoms with Crippen molar-refractivity contribution in [3.63, 3.8) is 0 Å². The van der Waals surface area contributed by atoms with Crippen molar-refractivity contribution < 1.29 is 39.8 Å². The fraction of sp³-hybridized carbons (Fsp3) is 0.985. The summed E-state index contributed by atoms with van der Waals surface area (Å²) in [6, 6.07) is -0.714. The predicted octanol–water partition coefficient (Wildman–Crippen LogP) is 18.1. The van der Waals surface area contributed by atoms with E-state index in [4.69, 9.17) is 9.47 Å². The van der Waals surface area contributed by atoms with E-state index in [2.05, 4.69) is 19.2 Å². The van der Waals surface area contributed by atoms with Crippen LogP contribution in [0.3, 0.4) is 0 Å². The van der Waals surface area contributed by atoms with Gasteiger partial charge in [0.05, 0.1) is 25.4 Å². The average Bonchev–Trinajstić information content (AvgIpc) is 3.42. The Kier molecular flexibility index (Phi) is 55.3. The molecule has 9 heteroatoms. The summed E-state index contributed by atoms with van der Waals surface area (Å²) < 4.78 is 11.3. The van der Waals surface area contributed by atoms with Gasteiger partial charge in [-0.05, 0) is 12.8 Å². The monoisotopic (exact) mass is 1080 g/mol. The molecule has 0 radical (unpaired) electrons. The second-order valence-electron chi connectivity index (χ2n) is 24.3. The molecule has 76 heavy (non-hydrogen) atoms. The lowest BCUT2D eigenvalue weighted by molar-refractivity contribution is -0.302. The van der Waals surface area contributed by atoms with Gasteiger partial charge in [-0.1, -0.05) is 348 Å². The summed E-state index contributed by atoms with van der Waals surface area (Å²) in [7, 11) is 0. The van der Waals surface area contributed by atoms with Crippen LogP contribution in [-0.4, -0.2) is 87.5 Å². The van der Waals surface area contributed by atoms with Crippen LogP contribution < -0.4 is 5.32 Å². The molecule has 9 nitrogen and oxygen atoms in total. The number of nitrogens with one attached hydrogen (secondary N) is 1. The van der Waals surface area contributed by atoms with Crippen molar-refractivity contribution in [3.05, 3.63) is 0 Å². The number of rotatable bonds is 61. The van der Waals surface area contributed by atoms with E-state index in [1.165, 1.54) is 302 Å². The van der Waals surface area contributed by atoms with Crippen LogP contribution in [0.25, 0.3) is 0 Å². The number of aliphatic hydroxyl groups is 5. The normalized spacial score (nSPS) is 18.6.